The van der Waals surface area contributed by atoms with E-state index in [2.05, 4.69) is 39.5 Å². The number of pyridine rings is 1. The summed E-state index contributed by atoms with van der Waals surface area (Å²) in [4.78, 5) is 7.01. The van der Waals surface area contributed by atoms with Gasteiger partial charge in [0.2, 0.25) is 0 Å². The van der Waals surface area contributed by atoms with Crippen molar-refractivity contribution in [2.45, 2.75) is 19.3 Å². The first-order valence-electron chi connectivity index (χ1n) is 6.70. The summed E-state index contributed by atoms with van der Waals surface area (Å²) in [6, 6.07) is 8.57. The molecule has 18 heavy (non-hydrogen) atoms. The van der Waals surface area contributed by atoms with Gasteiger partial charge in [0.1, 0.15) is 5.82 Å². The van der Waals surface area contributed by atoms with Crippen molar-refractivity contribution in [1.82, 2.24) is 4.98 Å². The van der Waals surface area contributed by atoms with Crippen LogP contribution in [0.15, 0.2) is 30.5 Å². The van der Waals surface area contributed by atoms with E-state index in [4.69, 9.17) is 0 Å². The molecule has 3 heteroatoms. The van der Waals surface area contributed by atoms with Crippen LogP contribution in [0, 0.1) is 0 Å². The molecule has 0 saturated carbocycles. The fourth-order valence-electron chi connectivity index (χ4n) is 2.68. The largest absolute Gasteiger partial charge is 0.388 e. The standard InChI is InChI=1S/C15H19N3/c1-16-13-5-6-14-12(11-13)7-8-17-15(14)18-9-3-2-4-10-18/h5-8,11,16H,2-4,9-10H2,1H3. The van der Waals surface area contributed by atoms with E-state index in [0.717, 1.165) is 24.6 Å². The normalized spacial score (nSPS) is 15.9. The summed E-state index contributed by atoms with van der Waals surface area (Å²) in [5.74, 6) is 1.15. The van der Waals surface area contributed by atoms with E-state index in [0.29, 0.717) is 0 Å². The monoisotopic (exact) mass is 241 g/mol. The zero-order valence-corrected chi connectivity index (χ0v) is 10.8. The van der Waals surface area contributed by atoms with Gasteiger partial charge in [-0.05, 0) is 48.9 Å². The Morgan fingerprint density at radius 2 is 1.94 bits per heavy atom. The number of fused-ring (bicyclic) bond motifs is 1. The molecular formula is C15H19N3. The van der Waals surface area contributed by atoms with Crippen LogP contribution < -0.4 is 10.2 Å². The van der Waals surface area contributed by atoms with Gasteiger partial charge in [0.05, 0.1) is 0 Å². The molecule has 1 aromatic heterocycles. The lowest BCUT2D eigenvalue weighted by atomic mass is 10.1. The van der Waals surface area contributed by atoms with Crippen LogP contribution in [0.3, 0.4) is 0 Å². The molecule has 0 radical (unpaired) electrons. The molecule has 1 aliphatic rings. The second-order valence-corrected chi connectivity index (χ2v) is 4.87. The van der Waals surface area contributed by atoms with Gasteiger partial charge in [-0.15, -0.1) is 0 Å². The molecule has 0 bridgehead atoms. The molecule has 0 amide bonds. The lowest BCUT2D eigenvalue weighted by molar-refractivity contribution is 0.575. The van der Waals surface area contributed by atoms with Crippen LogP contribution in [0.25, 0.3) is 10.8 Å². The lowest BCUT2D eigenvalue weighted by Gasteiger charge is -2.28. The highest BCUT2D eigenvalue weighted by molar-refractivity contribution is 5.94. The van der Waals surface area contributed by atoms with Gasteiger partial charge >= 0.3 is 0 Å². The summed E-state index contributed by atoms with van der Waals surface area (Å²) in [7, 11) is 1.95. The minimum Gasteiger partial charge on any atom is -0.388 e. The van der Waals surface area contributed by atoms with E-state index >= 15 is 0 Å². The summed E-state index contributed by atoms with van der Waals surface area (Å²) in [6.07, 6.45) is 5.84. The van der Waals surface area contributed by atoms with Gasteiger partial charge in [-0.1, -0.05) is 0 Å². The van der Waals surface area contributed by atoms with Crippen LogP contribution in [0.5, 0.6) is 0 Å². The van der Waals surface area contributed by atoms with E-state index < -0.39 is 0 Å². The van der Waals surface area contributed by atoms with Gasteiger partial charge in [0, 0.05) is 37.4 Å². The van der Waals surface area contributed by atoms with Crippen molar-refractivity contribution in [3.8, 4) is 0 Å². The van der Waals surface area contributed by atoms with Crippen molar-refractivity contribution < 1.29 is 0 Å². The Morgan fingerprint density at radius 1 is 1.11 bits per heavy atom. The molecule has 1 aliphatic heterocycles. The highest BCUT2D eigenvalue weighted by atomic mass is 15.2. The first-order chi connectivity index (χ1) is 8.88. The third kappa shape index (κ3) is 2.01. The molecule has 2 aromatic rings. The van der Waals surface area contributed by atoms with Gasteiger partial charge in [-0.2, -0.15) is 0 Å². The Morgan fingerprint density at radius 3 is 2.72 bits per heavy atom. The quantitative estimate of drug-likeness (QED) is 0.874. The number of hydrogen-bond donors (Lipinski definition) is 1. The van der Waals surface area contributed by atoms with E-state index in [-0.39, 0.29) is 0 Å². The van der Waals surface area contributed by atoms with Gasteiger partial charge in [-0.25, -0.2) is 4.98 Å². The van der Waals surface area contributed by atoms with E-state index in [1.165, 1.54) is 30.0 Å². The van der Waals surface area contributed by atoms with E-state index in [9.17, 15) is 0 Å². The second-order valence-electron chi connectivity index (χ2n) is 4.87. The number of rotatable bonds is 2. The molecule has 0 aliphatic carbocycles. The third-order valence-electron chi connectivity index (χ3n) is 3.69. The molecule has 0 unspecified atom stereocenters. The van der Waals surface area contributed by atoms with Crippen molar-refractivity contribution in [3.05, 3.63) is 30.5 Å². The highest BCUT2D eigenvalue weighted by Gasteiger charge is 2.14. The summed E-state index contributed by atoms with van der Waals surface area (Å²) in [5, 5.41) is 5.71. The number of nitrogens with zero attached hydrogens (tertiary/aromatic N) is 2. The lowest BCUT2D eigenvalue weighted by Crippen LogP contribution is -2.30. The summed E-state index contributed by atoms with van der Waals surface area (Å²) in [5.41, 5.74) is 1.15. The number of piperidine rings is 1. The molecule has 3 rings (SSSR count). The molecule has 1 saturated heterocycles. The van der Waals surface area contributed by atoms with Gasteiger partial charge in [0.25, 0.3) is 0 Å². The van der Waals surface area contributed by atoms with Gasteiger partial charge < -0.3 is 10.2 Å². The molecule has 1 aromatic carbocycles. The number of nitrogens with one attached hydrogen (secondary N) is 1. The summed E-state index contributed by atoms with van der Waals surface area (Å²) >= 11 is 0. The Kier molecular flexibility index (Phi) is 3.05. The van der Waals surface area contributed by atoms with E-state index in [1.54, 1.807) is 0 Å². The Balaban J connectivity index is 2.05. The molecule has 2 heterocycles. The predicted octanol–water partition coefficient (Wildman–Crippen LogP) is 3.27. The zero-order valence-electron chi connectivity index (χ0n) is 10.8. The van der Waals surface area contributed by atoms with Crippen LogP contribution in [0.1, 0.15) is 19.3 Å². The number of hydrogen-bond acceptors (Lipinski definition) is 3. The smallest absolute Gasteiger partial charge is 0.136 e. The molecule has 0 spiro atoms. The fourth-order valence-corrected chi connectivity index (χ4v) is 2.68. The van der Waals surface area contributed by atoms with Crippen molar-refractivity contribution in [2.75, 3.05) is 30.4 Å². The number of benzene rings is 1. The first-order valence-corrected chi connectivity index (χ1v) is 6.70. The molecule has 0 atom stereocenters. The van der Waals surface area contributed by atoms with E-state index in [1.807, 2.05) is 13.2 Å². The maximum absolute atomic E-state index is 4.59. The van der Waals surface area contributed by atoms with Crippen LogP contribution in [0.4, 0.5) is 11.5 Å². The van der Waals surface area contributed by atoms with Gasteiger partial charge in [-0.3, -0.25) is 0 Å². The molecule has 94 valence electrons. The first kappa shape index (κ1) is 11.3. The topological polar surface area (TPSA) is 28.2 Å². The summed E-state index contributed by atoms with van der Waals surface area (Å²) < 4.78 is 0. The average Bonchev–Trinajstić information content (AvgIpc) is 2.47. The summed E-state index contributed by atoms with van der Waals surface area (Å²) in [6.45, 7) is 2.28. The maximum Gasteiger partial charge on any atom is 0.136 e. The van der Waals surface area contributed by atoms with Gasteiger partial charge in [0.15, 0.2) is 0 Å². The van der Waals surface area contributed by atoms with Crippen LogP contribution >= 0.6 is 0 Å². The minimum absolute atomic E-state index is 1.14. The maximum atomic E-state index is 4.59. The molecule has 1 N–H and O–H groups in total. The van der Waals surface area contributed by atoms with Crippen molar-refractivity contribution in [3.63, 3.8) is 0 Å². The second kappa shape index (κ2) is 4.84. The molecule has 1 fully saturated rings. The molecular weight excluding hydrogens is 222 g/mol. The third-order valence-corrected chi connectivity index (χ3v) is 3.69. The number of aromatic nitrogens is 1. The van der Waals surface area contributed by atoms with Crippen molar-refractivity contribution in [1.29, 1.82) is 0 Å². The predicted molar refractivity (Wildman–Crippen MR) is 77.4 cm³/mol. The Labute approximate surface area is 108 Å². The highest BCUT2D eigenvalue weighted by Crippen LogP contribution is 2.28. The van der Waals surface area contributed by atoms with Crippen molar-refractivity contribution >= 4 is 22.3 Å². The van der Waals surface area contributed by atoms with Crippen LogP contribution in [-0.2, 0) is 0 Å². The van der Waals surface area contributed by atoms with Crippen LogP contribution in [0.2, 0.25) is 0 Å². The Bertz CT molecular complexity index is 544. The Hall–Kier alpha value is -1.77. The fraction of sp³-hybridized carbons (Fsp3) is 0.400. The average molecular weight is 241 g/mol. The van der Waals surface area contributed by atoms with Crippen LogP contribution in [-0.4, -0.2) is 25.1 Å². The molecule has 3 nitrogen and oxygen atoms in total. The number of anilines is 2. The minimum atomic E-state index is 1.14. The zero-order chi connectivity index (χ0) is 12.4. The van der Waals surface area contributed by atoms with Crippen molar-refractivity contribution in [2.24, 2.45) is 0 Å². The SMILES string of the molecule is CNc1ccc2c(N3CCCCC3)nccc2c1.